The second kappa shape index (κ2) is 9.41. The molecule has 0 aliphatic rings. The van der Waals surface area contributed by atoms with Crippen LogP contribution in [0.25, 0.3) is 0 Å². The third-order valence-electron chi connectivity index (χ3n) is 4.10. The van der Waals surface area contributed by atoms with Gasteiger partial charge < -0.3 is 10.1 Å². The lowest BCUT2D eigenvalue weighted by atomic mass is 10.0. The first-order valence-electron chi connectivity index (χ1n) is 8.83. The van der Waals surface area contributed by atoms with Crippen molar-refractivity contribution in [2.75, 3.05) is 30.3 Å². The number of ether oxygens (including phenoxy) is 1. The van der Waals surface area contributed by atoms with Crippen LogP contribution in [0.2, 0.25) is 0 Å². The lowest BCUT2D eigenvalue weighted by Gasteiger charge is -2.22. The minimum absolute atomic E-state index is 0.132. The quantitative estimate of drug-likeness (QED) is 0.714. The zero-order valence-electron chi connectivity index (χ0n) is 15.9. The van der Waals surface area contributed by atoms with Crippen LogP contribution in [0, 0.1) is 0 Å². The van der Waals surface area contributed by atoms with Crippen molar-refractivity contribution in [3.63, 3.8) is 0 Å². The monoisotopic (exact) mass is 390 g/mol. The number of hydrogen-bond donors (Lipinski definition) is 1. The Morgan fingerprint density at radius 3 is 2.30 bits per heavy atom. The van der Waals surface area contributed by atoms with Gasteiger partial charge in [-0.2, -0.15) is 0 Å². The van der Waals surface area contributed by atoms with E-state index >= 15 is 0 Å². The molecule has 1 N–H and O–H groups in total. The van der Waals surface area contributed by atoms with Crippen LogP contribution in [-0.4, -0.2) is 40.3 Å². The van der Waals surface area contributed by atoms with E-state index in [0.29, 0.717) is 24.6 Å². The van der Waals surface area contributed by atoms with E-state index in [4.69, 9.17) is 4.74 Å². The van der Waals surface area contributed by atoms with Crippen molar-refractivity contribution < 1.29 is 17.9 Å². The minimum atomic E-state index is -3.60. The van der Waals surface area contributed by atoms with Gasteiger partial charge in [0.25, 0.3) is 0 Å². The molecule has 2 aromatic carbocycles. The molecule has 6 nitrogen and oxygen atoms in total. The maximum Gasteiger partial charge on any atom is 0.240 e. The fourth-order valence-electron chi connectivity index (χ4n) is 2.63. The number of anilines is 1. The van der Waals surface area contributed by atoms with E-state index in [2.05, 4.69) is 5.32 Å². The number of nitrogens with zero attached hydrogens (tertiary/aromatic N) is 1. The standard InChI is InChI=1S/C20H26N2O4S/c1-4-26-19-12-10-18(11-13-19)22(27(3,24)25)15-20(23)21-14-16(2)17-8-6-5-7-9-17/h5-13,16H,4,14-15H2,1-3H3,(H,21,23)/t16-/m0/s1. The molecule has 1 amide bonds. The smallest absolute Gasteiger partial charge is 0.240 e. The molecule has 146 valence electrons. The molecular formula is C20H26N2O4S. The van der Waals surface area contributed by atoms with Crippen LogP contribution in [0.4, 0.5) is 5.69 Å². The SMILES string of the molecule is CCOc1ccc(N(CC(=O)NC[C@H](C)c2ccccc2)S(C)(=O)=O)cc1. The Balaban J connectivity index is 2.02. The van der Waals surface area contributed by atoms with E-state index in [1.807, 2.05) is 44.2 Å². The van der Waals surface area contributed by atoms with Crippen LogP contribution in [-0.2, 0) is 14.8 Å². The van der Waals surface area contributed by atoms with Gasteiger partial charge in [0.15, 0.2) is 0 Å². The molecule has 7 heteroatoms. The van der Waals surface area contributed by atoms with Crippen LogP contribution in [0.1, 0.15) is 25.3 Å². The van der Waals surface area contributed by atoms with E-state index in [1.54, 1.807) is 24.3 Å². The lowest BCUT2D eigenvalue weighted by molar-refractivity contribution is -0.119. The van der Waals surface area contributed by atoms with Crippen molar-refractivity contribution in [1.82, 2.24) is 5.32 Å². The summed E-state index contributed by atoms with van der Waals surface area (Å²) in [5.74, 6) is 0.431. The summed E-state index contributed by atoms with van der Waals surface area (Å²) < 4.78 is 30.8. The summed E-state index contributed by atoms with van der Waals surface area (Å²) in [7, 11) is -3.60. The van der Waals surface area contributed by atoms with Gasteiger partial charge in [0, 0.05) is 6.54 Å². The van der Waals surface area contributed by atoms with E-state index in [0.717, 1.165) is 16.1 Å². The van der Waals surface area contributed by atoms with Crippen molar-refractivity contribution in [2.24, 2.45) is 0 Å². The highest BCUT2D eigenvalue weighted by Gasteiger charge is 2.21. The molecule has 0 saturated carbocycles. The molecule has 2 rings (SSSR count). The Morgan fingerprint density at radius 1 is 1.11 bits per heavy atom. The number of benzene rings is 2. The molecule has 0 heterocycles. The molecule has 0 bridgehead atoms. The summed E-state index contributed by atoms with van der Waals surface area (Å²) >= 11 is 0. The van der Waals surface area contributed by atoms with Crippen molar-refractivity contribution in [3.05, 3.63) is 60.2 Å². The number of rotatable bonds is 9. The second-order valence-electron chi connectivity index (χ2n) is 6.31. The third kappa shape index (κ3) is 6.29. The Morgan fingerprint density at radius 2 is 1.74 bits per heavy atom. The second-order valence-corrected chi connectivity index (χ2v) is 8.22. The van der Waals surface area contributed by atoms with E-state index < -0.39 is 10.0 Å². The number of amides is 1. The topological polar surface area (TPSA) is 75.7 Å². The predicted molar refractivity (Wildman–Crippen MR) is 108 cm³/mol. The summed E-state index contributed by atoms with van der Waals surface area (Å²) in [4.78, 5) is 12.3. The molecule has 0 aliphatic carbocycles. The number of sulfonamides is 1. The van der Waals surface area contributed by atoms with Crippen LogP contribution < -0.4 is 14.4 Å². The number of hydrogen-bond acceptors (Lipinski definition) is 4. The first kappa shape index (κ1) is 20.8. The molecule has 0 saturated heterocycles. The van der Waals surface area contributed by atoms with Gasteiger partial charge >= 0.3 is 0 Å². The average Bonchev–Trinajstić information content (AvgIpc) is 2.65. The van der Waals surface area contributed by atoms with E-state index in [9.17, 15) is 13.2 Å². The van der Waals surface area contributed by atoms with Crippen molar-refractivity contribution >= 4 is 21.6 Å². The highest BCUT2D eigenvalue weighted by atomic mass is 32.2. The Hall–Kier alpha value is -2.54. The van der Waals surface area contributed by atoms with Gasteiger partial charge in [-0.25, -0.2) is 8.42 Å². The number of carbonyl (C=O) groups excluding carboxylic acids is 1. The molecule has 0 radical (unpaired) electrons. The summed E-state index contributed by atoms with van der Waals surface area (Å²) in [6.07, 6.45) is 1.09. The highest BCUT2D eigenvalue weighted by molar-refractivity contribution is 7.92. The van der Waals surface area contributed by atoms with E-state index in [-0.39, 0.29) is 18.4 Å². The molecule has 2 aromatic rings. The number of nitrogens with one attached hydrogen (secondary N) is 1. The first-order valence-corrected chi connectivity index (χ1v) is 10.7. The van der Waals surface area contributed by atoms with Gasteiger partial charge in [0.05, 0.1) is 18.6 Å². The largest absolute Gasteiger partial charge is 0.494 e. The maximum atomic E-state index is 12.3. The van der Waals surface area contributed by atoms with Gasteiger partial charge in [-0.05, 0) is 42.7 Å². The zero-order chi connectivity index (χ0) is 19.9. The minimum Gasteiger partial charge on any atom is -0.494 e. The average molecular weight is 391 g/mol. The van der Waals surface area contributed by atoms with Gasteiger partial charge in [0.2, 0.25) is 15.9 Å². The Kier molecular flexibility index (Phi) is 7.24. The summed E-state index contributed by atoms with van der Waals surface area (Å²) in [6, 6.07) is 16.5. The van der Waals surface area contributed by atoms with Gasteiger partial charge in [-0.3, -0.25) is 9.10 Å². The molecular weight excluding hydrogens is 364 g/mol. The molecule has 0 fully saturated rings. The van der Waals surface area contributed by atoms with Gasteiger partial charge in [0.1, 0.15) is 12.3 Å². The van der Waals surface area contributed by atoms with Crippen LogP contribution in [0.3, 0.4) is 0 Å². The normalized spacial score (nSPS) is 12.3. The molecule has 0 aromatic heterocycles. The fraction of sp³-hybridized carbons (Fsp3) is 0.350. The molecule has 1 atom stereocenters. The first-order chi connectivity index (χ1) is 12.8. The summed E-state index contributed by atoms with van der Waals surface area (Å²) in [5.41, 5.74) is 1.54. The van der Waals surface area contributed by atoms with Gasteiger partial charge in [-0.1, -0.05) is 37.3 Å². The van der Waals surface area contributed by atoms with Crippen LogP contribution in [0.15, 0.2) is 54.6 Å². The Bertz CT molecular complexity index is 836. The van der Waals surface area contributed by atoms with Crippen LogP contribution in [0.5, 0.6) is 5.75 Å². The molecule has 27 heavy (non-hydrogen) atoms. The zero-order valence-corrected chi connectivity index (χ0v) is 16.7. The van der Waals surface area contributed by atoms with Gasteiger partial charge in [-0.15, -0.1) is 0 Å². The van der Waals surface area contributed by atoms with Crippen molar-refractivity contribution in [3.8, 4) is 5.75 Å². The maximum absolute atomic E-state index is 12.3. The fourth-order valence-corrected chi connectivity index (χ4v) is 3.48. The lowest BCUT2D eigenvalue weighted by Crippen LogP contribution is -2.41. The highest BCUT2D eigenvalue weighted by Crippen LogP contribution is 2.21. The summed E-state index contributed by atoms with van der Waals surface area (Å²) in [6.45, 7) is 4.57. The number of carbonyl (C=O) groups is 1. The predicted octanol–water partition coefficient (Wildman–Crippen LogP) is 2.77. The molecule has 0 spiro atoms. The Labute approximate surface area is 161 Å². The molecule has 0 unspecified atom stereocenters. The van der Waals surface area contributed by atoms with Crippen molar-refractivity contribution in [1.29, 1.82) is 0 Å². The third-order valence-corrected chi connectivity index (χ3v) is 5.24. The molecule has 0 aliphatic heterocycles. The van der Waals surface area contributed by atoms with Crippen molar-refractivity contribution in [2.45, 2.75) is 19.8 Å². The van der Waals surface area contributed by atoms with E-state index in [1.165, 1.54) is 0 Å². The van der Waals surface area contributed by atoms with Crippen LogP contribution >= 0.6 is 0 Å². The summed E-state index contributed by atoms with van der Waals surface area (Å²) in [5, 5.41) is 2.82.